The SMILES string of the molecule is CNC1CN(S(=O)(=O)c2cnoc2)C1.Cl. The summed E-state index contributed by atoms with van der Waals surface area (Å²) in [5.41, 5.74) is 0. The molecule has 0 atom stereocenters. The summed E-state index contributed by atoms with van der Waals surface area (Å²) in [6.45, 7) is 1.01. The number of halogens is 1. The fourth-order valence-corrected chi connectivity index (χ4v) is 2.68. The fourth-order valence-electron chi connectivity index (χ4n) is 1.29. The number of nitrogens with zero attached hydrogens (tertiary/aromatic N) is 2. The first-order valence-electron chi connectivity index (χ1n) is 4.21. The Hall–Kier alpha value is -0.630. The van der Waals surface area contributed by atoms with Crippen LogP contribution in [0.3, 0.4) is 0 Å². The van der Waals surface area contributed by atoms with E-state index in [0.29, 0.717) is 13.1 Å². The van der Waals surface area contributed by atoms with Crippen molar-refractivity contribution in [3.8, 4) is 0 Å². The molecule has 0 aliphatic carbocycles. The van der Waals surface area contributed by atoms with Crippen LogP contribution in [0.15, 0.2) is 21.9 Å². The molecule has 1 aliphatic heterocycles. The largest absolute Gasteiger partial charge is 0.363 e. The lowest BCUT2D eigenvalue weighted by Gasteiger charge is -2.37. The van der Waals surface area contributed by atoms with Gasteiger partial charge in [-0.3, -0.25) is 0 Å². The summed E-state index contributed by atoms with van der Waals surface area (Å²) in [7, 11) is -1.55. The van der Waals surface area contributed by atoms with Crippen molar-refractivity contribution in [2.45, 2.75) is 10.9 Å². The normalized spacial score (nSPS) is 18.2. The first kappa shape index (κ1) is 12.4. The quantitative estimate of drug-likeness (QED) is 0.800. The van der Waals surface area contributed by atoms with Crippen LogP contribution in [0.1, 0.15) is 0 Å². The molecule has 1 aliphatic rings. The van der Waals surface area contributed by atoms with Crippen molar-refractivity contribution in [2.75, 3.05) is 20.1 Å². The molecule has 0 bridgehead atoms. The predicted octanol–water partition coefficient (Wildman–Crippen LogP) is -0.311. The van der Waals surface area contributed by atoms with Gasteiger partial charge >= 0.3 is 0 Å². The number of nitrogens with one attached hydrogen (secondary N) is 1. The summed E-state index contributed by atoms with van der Waals surface area (Å²) in [6.07, 6.45) is 2.35. The summed E-state index contributed by atoms with van der Waals surface area (Å²) in [6, 6.07) is 0.254. The first-order valence-corrected chi connectivity index (χ1v) is 5.65. The Morgan fingerprint density at radius 1 is 1.60 bits per heavy atom. The van der Waals surface area contributed by atoms with E-state index in [-0.39, 0.29) is 23.3 Å². The molecule has 1 N–H and O–H groups in total. The smallest absolute Gasteiger partial charge is 0.248 e. The molecule has 6 nitrogen and oxygen atoms in total. The lowest BCUT2D eigenvalue weighted by atomic mass is 10.2. The van der Waals surface area contributed by atoms with E-state index in [1.165, 1.54) is 10.5 Å². The standard InChI is InChI=1S/C7H11N3O3S.ClH/c1-8-6-3-10(4-6)14(11,12)7-2-9-13-5-7;/h2,5-6,8H,3-4H2,1H3;1H. The van der Waals surface area contributed by atoms with E-state index in [0.717, 1.165) is 6.26 Å². The van der Waals surface area contributed by atoms with Gasteiger partial charge in [0, 0.05) is 19.1 Å². The minimum absolute atomic E-state index is 0. The second-order valence-electron chi connectivity index (χ2n) is 3.17. The zero-order chi connectivity index (χ0) is 10.2. The minimum atomic E-state index is -3.36. The first-order chi connectivity index (χ1) is 6.64. The number of hydrogen-bond acceptors (Lipinski definition) is 5. The third-order valence-corrected chi connectivity index (χ3v) is 4.08. The molecular formula is C7H12ClN3O3S. The molecule has 8 heteroatoms. The van der Waals surface area contributed by atoms with Crippen LogP contribution >= 0.6 is 12.4 Å². The highest BCUT2D eigenvalue weighted by Gasteiger charge is 2.36. The Labute approximate surface area is 94.1 Å². The molecule has 0 radical (unpaired) electrons. The summed E-state index contributed by atoms with van der Waals surface area (Å²) < 4.78 is 29.4. The summed E-state index contributed by atoms with van der Waals surface area (Å²) in [4.78, 5) is 0.118. The third-order valence-electron chi connectivity index (χ3n) is 2.30. The maximum absolute atomic E-state index is 11.7. The third kappa shape index (κ3) is 2.15. The second-order valence-corrected chi connectivity index (χ2v) is 5.11. The number of rotatable bonds is 3. The molecule has 0 saturated carbocycles. The van der Waals surface area contributed by atoms with Crippen LogP contribution in [0.4, 0.5) is 0 Å². The highest BCUT2D eigenvalue weighted by molar-refractivity contribution is 7.89. The fraction of sp³-hybridized carbons (Fsp3) is 0.571. The average Bonchev–Trinajstić information content (AvgIpc) is 2.53. The van der Waals surface area contributed by atoms with Gasteiger partial charge in [0.2, 0.25) is 10.0 Å². The summed E-state index contributed by atoms with van der Waals surface area (Å²) in [5.74, 6) is 0. The van der Waals surface area contributed by atoms with E-state index in [1.54, 1.807) is 0 Å². The van der Waals surface area contributed by atoms with Gasteiger partial charge in [0.15, 0.2) is 0 Å². The van der Waals surface area contributed by atoms with Crippen LogP contribution in [0.25, 0.3) is 0 Å². The molecule has 1 fully saturated rings. The van der Waals surface area contributed by atoms with Gasteiger partial charge in [0.25, 0.3) is 0 Å². The van der Waals surface area contributed by atoms with Gasteiger partial charge in [-0.15, -0.1) is 12.4 Å². The van der Waals surface area contributed by atoms with Gasteiger partial charge < -0.3 is 9.84 Å². The molecule has 1 aromatic rings. The van der Waals surface area contributed by atoms with Crippen LogP contribution in [-0.4, -0.2) is 44.1 Å². The maximum atomic E-state index is 11.7. The summed E-state index contributed by atoms with van der Waals surface area (Å²) in [5, 5.41) is 6.38. The maximum Gasteiger partial charge on any atom is 0.248 e. The van der Waals surface area contributed by atoms with E-state index in [9.17, 15) is 8.42 Å². The Kier molecular flexibility index (Phi) is 3.72. The van der Waals surface area contributed by atoms with Crippen molar-refractivity contribution in [1.82, 2.24) is 14.8 Å². The Bertz CT molecular complexity index is 399. The lowest BCUT2D eigenvalue weighted by molar-refractivity contribution is 0.236. The van der Waals surface area contributed by atoms with Crippen molar-refractivity contribution < 1.29 is 12.9 Å². The predicted molar refractivity (Wildman–Crippen MR) is 55.4 cm³/mol. The molecule has 1 aromatic heterocycles. The van der Waals surface area contributed by atoms with E-state index in [4.69, 9.17) is 0 Å². The molecule has 0 spiro atoms. The average molecular weight is 254 g/mol. The van der Waals surface area contributed by atoms with Crippen molar-refractivity contribution in [1.29, 1.82) is 0 Å². The zero-order valence-electron chi connectivity index (χ0n) is 8.08. The highest BCUT2D eigenvalue weighted by atomic mass is 35.5. The molecule has 0 aromatic carbocycles. The molecule has 1 saturated heterocycles. The Morgan fingerprint density at radius 2 is 2.27 bits per heavy atom. The molecule has 2 rings (SSSR count). The van der Waals surface area contributed by atoms with E-state index < -0.39 is 10.0 Å². The van der Waals surface area contributed by atoms with Crippen LogP contribution in [-0.2, 0) is 10.0 Å². The van der Waals surface area contributed by atoms with Gasteiger partial charge in [0.1, 0.15) is 11.2 Å². The molecule has 0 unspecified atom stereocenters. The molecule has 2 heterocycles. The number of aromatic nitrogens is 1. The molecule has 86 valence electrons. The second kappa shape index (κ2) is 4.48. The summed E-state index contributed by atoms with van der Waals surface area (Å²) >= 11 is 0. The van der Waals surface area contributed by atoms with Crippen molar-refractivity contribution in [2.24, 2.45) is 0 Å². The van der Waals surface area contributed by atoms with Crippen LogP contribution in [0.2, 0.25) is 0 Å². The topological polar surface area (TPSA) is 75.4 Å². The van der Waals surface area contributed by atoms with Gasteiger partial charge in [-0.1, -0.05) is 5.16 Å². The van der Waals surface area contributed by atoms with Crippen LogP contribution in [0, 0.1) is 0 Å². The Balaban J connectivity index is 0.00000112. The van der Waals surface area contributed by atoms with Crippen molar-refractivity contribution >= 4 is 22.4 Å². The molecule has 0 amide bonds. The van der Waals surface area contributed by atoms with Gasteiger partial charge in [0.05, 0.1) is 6.20 Å². The highest BCUT2D eigenvalue weighted by Crippen LogP contribution is 2.20. The molecular weight excluding hydrogens is 242 g/mol. The van der Waals surface area contributed by atoms with E-state index in [2.05, 4.69) is 15.0 Å². The lowest BCUT2D eigenvalue weighted by Crippen LogP contribution is -2.58. The van der Waals surface area contributed by atoms with Crippen molar-refractivity contribution in [3.63, 3.8) is 0 Å². The zero-order valence-corrected chi connectivity index (χ0v) is 9.71. The van der Waals surface area contributed by atoms with Crippen molar-refractivity contribution in [3.05, 3.63) is 12.5 Å². The molecule has 15 heavy (non-hydrogen) atoms. The monoisotopic (exact) mass is 253 g/mol. The van der Waals surface area contributed by atoms with E-state index >= 15 is 0 Å². The minimum Gasteiger partial charge on any atom is -0.363 e. The van der Waals surface area contributed by atoms with E-state index in [1.807, 2.05) is 7.05 Å². The Morgan fingerprint density at radius 3 is 2.73 bits per heavy atom. The van der Waals surface area contributed by atoms with Crippen LogP contribution in [0.5, 0.6) is 0 Å². The van der Waals surface area contributed by atoms with Gasteiger partial charge in [-0.25, -0.2) is 8.42 Å². The van der Waals surface area contributed by atoms with Crippen LogP contribution < -0.4 is 5.32 Å². The number of sulfonamides is 1. The van der Waals surface area contributed by atoms with Gasteiger partial charge in [-0.05, 0) is 7.05 Å². The number of likely N-dealkylation sites (N-methyl/N-ethyl adjacent to an activating group) is 1. The van der Waals surface area contributed by atoms with Gasteiger partial charge in [-0.2, -0.15) is 4.31 Å². The number of hydrogen-bond donors (Lipinski definition) is 1.